The third kappa shape index (κ3) is 2.75. The molecule has 0 bridgehead atoms. The van der Waals surface area contributed by atoms with Crippen LogP contribution in [0.2, 0.25) is 0 Å². The first-order valence-electron chi connectivity index (χ1n) is 8.17. The summed E-state index contributed by atoms with van der Waals surface area (Å²) in [4.78, 5) is 21.3. The molecule has 0 fully saturated rings. The summed E-state index contributed by atoms with van der Waals surface area (Å²) < 4.78 is 6.69. The number of benzene rings is 1. The number of hydrogen-bond donors (Lipinski definition) is 0. The first kappa shape index (κ1) is 14.8. The second kappa shape index (κ2) is 6.03. The Balaban J connectivity index is 1.59. The molecule has 0 atom stereocenters. The van der Waals surface area contributed by atoms with Crippen molar-refractivity contribution in [2.24, 2.45) is 0 Å². The van der Waals surface area contributed by atoms with E-state index < -0.39 is 0 Å². The molecule has 1 aromatic carbocycles. The van der Waals surface area contributed by atoms with Gasteiger partial charge in [0.05, 0.1) is 18.6 Å². The quantitative estimate of drug-likeness (QED) is 0.741. The van der Waals surface area contributed by atoms with Crippen LogP contribution >= 0.6 is 0 Å². The fourth-order valence-electron chi connectivity index (χ4n) is 3.11. The Hall–Kier alpha value is -2.76. The Morgan fingerprint density at radius 2 is 1.96 bits per heavy atom. The molecule has 0 amide bonds. The van der Waals surface area contributed by atoms with E-state index in [1.165, 1.54) is 0 Å². The van der Waals surface area contributed by atoms with Crippen LogP contribution in [0.15, 0.2) is 39.9 Å². The lowest BCUT2D eigenvalue weighted by Gasteiger charge is -2.15. The van der Waals surface area contributed by atoms with Gasteiger partial charge in [0.25, 0.3) is 5.56 Å². The third-order valence-corrected chi connectivity index (χ3v) is 4.40. The first-order chi connectivity index (χ1) is 11.7. The van der Waals surface area contributed by atoms with Crippen molar-refractivity contribution in [1.29, 1.82) is 0 Å². The molecule has 0 spiro atoms. The number of aromatic nitrogens is 4. The van der Waals surface area contributed by atoms with E-state index in [4.69, 9.17) is 4.52 Å². The molecule has 6 nitrogen and oxygen atoms in total. The smallest absolute Gasteiger partial charge is 0.257 e. The van der Waals surface area contributed by atoms with E-state index in [1.54, 1.807) is 17.8 Å². The highest BCUT2D eigenvalue weighted by Crippen LogP contribution is 2.18. The Labute approximate surface area is 139 Å². The molecule has 0 saturated heterocycles. The van der Waals surface area contributed by atoms with E-state index in [1.807, 2.05) is 24.3 Å². The van der Waals surface area contributed by atoms with Crippen molar-refractivity contribution in [1.82, 2.24) is 19.7 Å². The fourth-order valence-corrected chi connectivity index (χ4v) is 3.11. The van der Waals surface area contributed by atoms with Crippen LogP contribution in [0.25, 0.3) is 11.4 Å². The standard InChI is InChI=1S/C18H18N4O2/c1-12-20-17(21-24-12)14-8-6-13(7-9-14)10-22-11-19-16-5-3-2-4-15(16)18(22)23/h6-9,11H,2-5,10H2,1H3. The van der Waals surface area contributed by atoms with Crippen LogP contribution in [0.1, 0.15) is 35.6 Å². The van der Waals surface area contributed by atoms with Gasteiger partial charge in [0, 0.05) is 18.1 Å². The molecule has 0 radical (unpaired) electrons. The van der Waals surface area contributed by atoms with Gasteiger partial charge in [-0.25, -0.2) is 4.98 Å². The van der Waals surface area contributed by atoms with Crippen LogP contribution in [-0.2, 0) is 19.4 Å². The highest BCUT2D eigenvalue weighted by molar-refractivity contribution is 5.54. The SMILES string of the molecule is Cc1nc(-c2ccc(Cn3cnc4c(c3=O)CCCC4)cc2)no1. The van der Waals surface area contributed by atoms with Crippen molar-refractivity contribution >= 4 is 0 Å². The van der Waals surface area contributed by atoms with Crippen molar-refractivity contribution in [3.05, 3.63) is 63.7 Å². The zero-order valence-corrected chi connectivity index (χ0v) is 13.5. The van der Waals surface area contributed by atoms with Gasteiger partial charge in [0.2, 0.25) is 11.7 Å². The van der Waals surface area contributed by atoms with Gasteiger partial charge < -0.3 is 4.52 Å². The summed E-state index contributed by atoms with van der Waals surface area (Å²) in [5.41, 5.74) is 3.90. The number of aryl methyl sites for hydroxylation is 2. The normalized spacial score (nSPS) is 13.7. The van der Waals surface area contributed by atoms with Gasteiger partial charge in [0.1, 0.15) is 0 Å². The summed E-state index contributed by atoms with van der Waals surface area (Å²) in [6.45, 7) is 2.28. The lowest BCUT2D eigenvalue weighted by Crippen LogP contribution is -2.28. The molecule has 0 N–H and O–H groups in total. The maximum Gasteiger partial charge on any atom is 0.257 e. The maximum atomic E-state index is 12.6. The van der Waals surface area contributed by atoms with Crippen molar-refractivity contribution in [3.63, 3.8) is 0 Å². The topological polar surface area (TPSA) is 73.8 Å². The number of hydrogen-bond acceptors (Lipinski definition) is 5. The summed E-state index contributed by atoms with van der Waals surface area (Å²) >= 11 is 0. The largest absolute Gasteiger partial charge is 0.339 e. The van der Waals surface area contributed by atoms with Gasteiger partial charge in [0.15, 0.2) is 0 Å². The molecule has 4 rings (SSSR count). The van der Waals surface area contributed by atoms with E-state index in [9.17, 15) is 4.79 Å². The van der Waals surface area contributed by atoms with Crippen LogP contribution in [-0.4, -0.2) is 19.7 Å². The van der Waals surface area contributed by atoms with E-state index >= 15 is 0 Å². The lowest BCUT2D eigenvalue weighted by atomic mass is 9.97. The monoisotopic (exact) mass is 322 g/mol. The summed E-state index contributed by atoms with van der Waals surface area (Å²) in [5.74, 6) is 1.12. The Kier molecular flexibility index (Phi) is 3.72. The van der Waals surface area contributed by atoms with Gasteiger partial charge in [-0.15, -0.1) is 0 Å². The minimum atomic E-state index is 0.0950. The second-order valence-electron chi connectivity index (χ2n) is 6.14. The summed E-state index contributed by atoms with van der Waals surface area (Å²) in [5, 5.41) is 3.91. The maximum absolute atomic E-state index is 12.6. The van der Waals surface area contributed by atoms with Gasteiger partial charge in [-0.3, -0.25) is 9.36 Å². The van der Waals surface area contributed by atoms with Crippen molar-refractivity contribution in [3.8, 4) is 11.4 Å². The number of nitrogens with zero attached hydrogens (tertiary/aromatic N) is 4. The van der Waals surface area contributed by atoms with Crippen LogP contribution in [0.5, 0.6) is 0 Å². The molecule has 0 saturated carbocycles. The summed E-state index contributed by atoms with van der Waals surface area (Å²) in [7, 11) is 0. The second-order valence-corrected chi connectivity index (χ2v) is 6.14. The van der Waals surface area contributed by atoms with Crippen LogP contribution in [0, 0.1) is 6.92 Å². The molecule has 3 aromatic rings. The molecule has 1 aliphatic rings. The number of fused-ring (bicyclic) bond motifs is 1. The van der Waals surface area contributed by atoms with Crippen LogP contribution in [0.3, 0.4) is 0 Å². The van der Waals surface area contributed by atoms with Crippen molar-refractivity contribution in [2.45, 2.75) is 39.2 Å². The molecule has 2 heterocycles. The average Bonchev–Trinajstić information content (AvgIpc) is 3.05. The molecule has 24 heavy (non-hydrogen) atoms. The summed E-state index contributed by atoms with van der Waals surface area (Å²) in [6, 6.07) is 7.84. The highest BCUT2D eigenvalue weighted by Gasteiger charge is 2.15. The van der Waals surface area contributed by atoms with E-state index in [0.717, 1.165) is 48.1 Å². The molecule has 1 aliphatic carbocycles. The number of rotatable bonds is 3. The molecule has 6 heteroatoms. The lowest BCUT2D eigenvalue weighted by molar-refractivity contribution is 0.394. The van der Waals surface area contributed by atoms with Gasteiger partial charge in [-0.05, 0) is 31.2 Å². The average molecular weight is 322 g/mol. The van der Waals surface area contributed by atoms with Crippen molar-refractivity contribution < 1.29 is 4.52 Å². The molecule has 122 valence electrons. The van der Waals surface area contributed by atoms with Crippen LogP contribution in [0.4, 0.5) is 0 Å². The van der Waals surface area contributed by atoms with Crippen molar-refractivity contribution in [2.75, 3.05) is 0 Å². The molecule has 2 aromatic heterocycles. The van der Waals surface area contributed by atoms with Gasteiger partial charge in [-0.1, -0.05) is 29.4 Å². The fraction of sp³-hybridized carbons (Fsp3) is 0.333. The molecule has 0 unspecified atom stereocenters. The van der Waals surface area contributed by atoms with E-state index in [0.29, 0.717) is 18.3 Å². The van der Waals surface area contributed by atoms with E-state index in [-0.39, 0.29) is 5.56 Å². The predicted octanol–water partition coefficient (Wildman–Crippen LogP) is 2.53. The predicted molar refractivity (Wildman–Crippen MR) is 88.7 cm³/mol. The zero-order valence-electron chi connectivity index (χ0n) is 13.5. The zero-order chi connectivity index (χ0) is 16.5. The minimum absolute atomic E-state index is 0.0950. The Bertz CT molecular complexity index is 925. The molecule has 0 aliphatic heterocycles. The summed E-state index contributed by atoms with van der Waals surface area (Å²) in [6.07, 6.45) is 5.64. The highest BCUT2D eigenvalue weighted by atomic mass is 16.5. The van der Waals surface area contributed by atoms with Gasteiger partial charge >= 0.3 is 0 Å². The Morgan fingerprint density at radius 1 is 1.17 bits per heavy atom. The Morgan fingerprint density at radius 3 is 2.71 bits per heavy atom. The first-order valence-corrected chi connectivity index (χ1v) is 8.17. The van der Waals surface area contributed by atoms with Crippen LogP contribution < -0.4 is 5.56 Å². The molecular weight excluding hydrogens is 304 g/mol. The van der Waals surface area contributed by atoms with E-state index in [2.05, 4.69) is 15.1 Å². The third-order valence-electron chi connectivity index (χ3n) is 4.40. The van der Waals surface area contributed by atoms with Gasteiger partial charge in [-0.2, -0.15) is 4.98 Å². The molecular formula is C18H18N4O2. The minimum Gasteiger partial charge on any atom is -0.339 e.